The zero-order valence-corrected chi connectivity index (χ0v) is 12.3. The van der Waals surface area contributed by atoms with Gasteiger partial charge in [0.2, 0.25) is 0 Å². The Balaban J connectivity index is 0.00000162. The summed E-state index contributed by atoms with van der Waals surface area (Å²) in [4.78, 5) is 0. The third-order valence-electron chi connectivity index (χ3n) is 3.98. The van der Waals surface area contributed by atoms with Crippen LogP contribution in [0.4, 0.5) is 0 Å². The van der Waals surface area contributed by atoms with Gasteiger partial charge in [-0.25, -0.2) is 0 Å². The Bertz CT molecular complexity index is 376. The van der Waals surface area contributed by atoms with Crippen LogP contribution in [-0.2, 0) is 0 Å². The van der Waals surface area contributed by atoms with Crippen LogP contribution < -0.4 is 10.5 Å². The Morgan fingerprint density at radius 3 is 2.11 bits per heavy atom. The summed E-state index contributed by atoms with van der Waals surface area (Å²) >= 11 is 0. The monoisotopic (exact) mass is 269 g/mol. The van der Waals surface area contributed by atoms with Crippen LogP contribution in [0, 0.1) is 19.8 Å². The number of benzene rings is 1. The zero-order valence-electron chi connectivity index (χ0n) is 11.5. The van der Waals surface area contributed by atoms with E-state index in [1.807, 2.05) is 0 Å². The van der Waals surface area contributed by atoms with E-state index >= 15 is 0 Å². The average Bonchev–Trinajstić information content (AvgIpc) is 2.81. The summed E-state index contributed by atoms with van der Waals surface area (Å²) in [5, 5.41) is 0. The minimum atomic E-state index is 0. The quantitative estimate of drug-likeness (QED) is 0.903. The van der Waals surface area contributed by atoms with E-state index in [4.69, 9.17) is 10.5 Å². The third-order valence-corrected chi connectivity index (χ3v) is 3.98. The SMILES string of the molecule is COc1c(C)cc([C@H](N)C2CCCC2)cc1C.Cl. The zero-order chi connectivity index (χ0) is 12.4. The maximum Gasteiger partial charge on any atom is 0.124 e. The Morgan fingerprint density at radius 2 is 1.67 bits per heavy atom. The van der Waals surface area contributed by atoms with E-state index < -0.39 is 0 Å². The molecule has 2 N–H and O–H groups in total. The Morgan fingerprint density at radius 1 is 1.17 bits per heavy atom. The van der Waals surface area contributed by atoms with Gasteiger partial charge >= 0.3 is 0 Å². The summed E-state index contributed by atoms with van der Waals surface area (Å²) in [5.74, 6) is 1.66. The summed E-state index contributed by atoms with van der Waals surface area (Å²) in [6, 6.07) is 4.57. The van der Waals surface area contributed by atoms with Crippen molar-refractivity contribution in [3.8, 4) is 5.75 Å². The molecule has 0 saturated heterocycles. The second-order valence-electron chi connectivity index (χ2n) is 5.26. The molecule has 2 rings (SSSR count). The number of ether oxygens (including phenoxy) is 1. The Kier molecular flexibility index (Phi) is 5.48. The highest BCUT2D eigenvalue weighted by molar-refractivity contribution is 5.85. The van der Waals surface area contributed by atoms with E-state index in [1.54, 1.807) is 7.11 Å². The van der Waals surface area contributed by atoms with Crippen molar-refractivity contribution in [2.45, 2.75) is 45.6 Å². The number of rotatable bonds is 3. The van der Waals surface area contributed by atoms with E-state index in [0.29, 0.717) is 5.92 Å². The van der Waals surface area contributed by atoms with Crippen molar-refractivity contribution in [3.63, 3.8) is 0 Å². The molecule has 3 heteroatoms. The Labute approximate surface area is 116 Å². The first-order valence-corrected chi connectivity index (χ1v) is 6.54. The van der Waals surface area contributed by atoms with Crippen LogP contribution in [0.5, 0.6) is 5.75 Å². The number of hydrogen-bond acceptors (Lipinski definition) is 2. The van der Waals surface area contributed by atoms with Gasteiger partial charge in [-0.2, -0.15) is 0 Å². The maximum atomic E-state index is 6.39. The highest BCUT2D eigenvalue weighted by atomic mass is 35.5. The molecule has 0 spiro atoms. The van der Waals surface area contributed by atoms with Crippen molar-refractivity contribution in [2.75, 3.05) is 7.11 Å². The highest BCUT2D eigenvalue weighted by Gasteiger charge is 2.24. The summed E-state index contributed by atoms with van der Waals surface area (Å²) < 4.78 is 5.40. The molecule has 0 heterocycles. The molecule has 1 aliphatic carbocycles. The van der Waals surface area contributed by atoms with Gasteiger partial charge in [0, 0.05) is 6.04 Å². The number of hydrogen-bond donors (Lipinski definition) is 1. The van der Waals surface area contributed by atoms with Crippen molar-refractivity contribution in [1.29, 1.82) is 0 Å². The van der Waals surface area contributed by atoms with Gasteiger partial charge in [0.15, 0.2) is 0 Å². The lowest BCUT2D eigenvalue weighted by molar-refractivity contribution is 0.406. The fourth-order valence-corrected chi connectivity index (χ4v) is 3.09. The van der Waals surface area contributed by atoms with Gasteiger partial charge in [-0.1, -0.05) is 25.0 Å². The van der Waals surface area contributed by atoms with Gasteiger partial charge in [0.25, 0.3) is 0 Å². The van der Waals surface area contributed by atoms with Crippen molar-refractivity contribution in [2.24, 2.45) is 11.7 Å². The van der Waals surface area contributed by atoms with E-state index in [2.05, 4.69) is 26.0 Å². The first-order valence-electron chi connectivity index (χ1n) is 6.54. The Hall–Kier alpha value is -0.730. The molecule has 1 atom stereocenters. The smallest absolute Gasteiger partial charge is 0.124 e. The van der Waals surface area contributed by atoms with Crippen LogP contribution in [0.25, 0.3) is 0 Å². The molecule has 0 unspecified atom stereocenters. The standard InChI is InChI=1S/C15H23NO.ClH/c1-10-8-13(9-11(2)15(10)17-3)14(16)12-6-4-5-7-12;/h8-9,12,14H,4-7,16H2,1-3H3;1H/t14-;/m1./s1. The summed E-state index contributed by atoms with van der Waals surface area (Å²) in [5.41, 5.74) is 10.0. The lowest BCUT2D eigenvalue weighted by Crippen LogP contribution is -2.19. The fourth-order valence-electron chi connectivity index (χ4n) is 3.09. The number of methoxy groups -OCH3 is 1. The van der Waals surface area contributed by atoms with Crippen LogP contribution in [0.3, 0.4) is 0 Å². The molecule has 1 aromatic rings. The first kappa shape index (κ1) is 15.3. The number of halogens is 1. The minimum absolute atomic E-state index is 0. The van der Waals surface area contributed by atoms with Crippen molar-refractivity contribution < 1.29 is 4.74 Å². The van der Waals surface area contributed by atoms with Crippen LogP contribution in [0.2, 0.25) is 0 Å². The lowest BCUT2D eigenvalue weighted by Gasteiger charge is -2.21. The first-order chi connectivity index (χ1) is 8.13. The van der Waals surface area contributed by atoms with Gasteiger partial charge in [0.05, 0.1) is 7.11 Å². The van der Waals surface area contributed by atoms with Gasteiger partial charge in [0.1, 0.15) is 5.75 Å². The van der Waals surface area contributed by atoms with Gasteiger partial charge < -0.3 is 10.5 Å². The van der Waals surface area contributed by atoms with Crippen LogP contribution in [-0.4, -0.2) is 7.11 Å². The molecule has 1 aliphatic rings. The largest absolute Gasteiger partial charge is 0.496 e. The van der Waals surface area contributed by atoms with Crippen molar-refractivity contribution in [1.82, 2.24) is 0 Å². The van der Waals surface area contributed by atoms with Crippen LogP contribution in [0.1, 0.15) is 48.4 Å². The molecule has 0 amide bonds. The van der Waals surface area contributed by atoms with Crippen molar-refractivity contribution in [3.05, 3.63) is 28.8 Å². The molecule has 0 aliphatic heterocycles. The summed E-state index contributed by atoms with van der Waals surface area (Å²) in [6.07, 6.45) is 5.25. The molecule has 0 bridgehead atoms. The number of aryl methyl sites for hydroxylation is 2. The van der Waals surface area contributed by atoms with E-state index in [9.17, 15) is 0 Å². The molecule has 2 nitrogen and oxygen atoms in total. The fraction of sp³-hybridized carbons (Fsp3) is 0.600. The predicted octanol–water partition coefficient (Wildman–Crippen LogP) is 3.92. The summed E-state index contributed by atoms with van der Waals surface area (Å²) in [6.45, 7) is 4.19. The predicted molar refractivity (Wildman–Crippen MR) is 78.6 cm³/mol. The number of nitrogens with two attached hydrogens (primary N) is 1. The van der Waals surface area contributed by atoms with Crippen molar-refractivity contribution >= 4 is 12.4 Å². The van der Waals surface area contributed by atoms with Crippen LogP contribution in [0.15, 0.2) is 12.1 Å². The highest BCUT2D eigenvalue weighted by Crippen LogP contribution is 2.36. The molecule has 0 radical (unpaired) electrons. The molecule has 1 saturated carbocycles. The minimum Gasteiger partial charge on any atom is -0.496 e. The topological polar surface area (TPSA) is 35.2 Å². The molecule has 0 aromatic heterocycles. The lowest BCUT2D eigenvalue weighted by atomic mass is 9.90. The van der Waals surface area contributed by atoms with E-state index in [-0.39, 0.29) is 18.4 Å². The second kappa shape index (κ2) is 6.44. The van der Waals surface area contributed by atoms with E-state index in [1.165, 1.54) is 42.4 Å². The maximum absolute atomic E-state index is 6.39. The molecule has 18 heavy (non-hydrogen) atoms. The van der Waals surface area contributed by atoms with Gasteiger partial charge in [-0.15, -0.1) is 12.4 Å². The normalized spacial score (nSPS) is 17.3. The summed E-state index contributed by atoms with van der Waals surface area (Å²) in [7, 11) is 1.73. The van der Waals surface area contributed by atoms with E-state index in [0.717, 1.165) is 5.75 Å². The molecular formula is C15H24ClNO. The average molecular weight is 270 g/mol. The van der Waals surface area contributed by atoms with Crippen LogP contribution >= 0.6 is 12.4 Å². The third kappa shape index (κ3) is 2.99. The van der Waals surface area contributed by atoms with Gasteiger partial charge in [-0.05, 0) is 49.3 Å². The molecular weight excluding hydrogens is 246 g/mol. The molecule has 1 fully saturated rings. The van der Waals surface area contributed by atoms with Gasteiger partial charge in [-0.3, -0.25) is 0 Å². The molecule has 102 valence electrons. The molecule has 1 aromatic carbocycles. The second-order valence-corrected chi connectivity index (χ2v) is 5.26.